The lowest BCUT2D eigenvalue weighted by atomic mass is 10.1. The quantitative estimate of drug-likeness (QED) is 0.0264. The van der Waals surface area contributed by atoms with E-state index in [9.17, 15) is 19.2 Å². The van der Waals surface area contributed by atoms with Gasteiger partial charge >= 0.3 is 23.9 Å². The fourth-order valence-corrected chi connectivity index (χ4v) is 6.30. The minimum Gasteiger partial charge on any atom is -0.463 e. The van der Waals surface area contributed by atoms with Crippen LogP contribution in [-0.4, -0.2) is 68.3 Å². The molecule has 0 aromatic heterocycles. The summed E-state index contributed by atoms with van der Waals surface area (Å²) in [5.74, 6) is -1.61. The molecule has 10 heteroatoms. The van der Waals surface area contributed by atoms with Crippen LogP contribution < -0.4 is 0 Å². The number of ether oxygens (including phenoxy) is 6. The van der Waals surface area contributed by atoms with Crippen LogP contribution in [0.2, 0.25) is 0 Å². The van der Waals surface area contributed by atoms with Gasteiger partial charge in [0.2, 0.25) is 0 Å². The van der Waals surface area contributed by atoms with Crippen LogP contribution in [0.5, 0.6) is 0 Å². The molecule has 334 valence electrons. The van der Waals surface area contributed by atoms with Gasteiger partial charge in [0.1, 0.15) is 19.3 Å². The Kier molecular flexibility index (Phi) is 34.7. The molecule has 1 saturated heterocycles. The second kappa shape index (κ2) is 38.4. The van der Waals surface area contributed by atoms with E-state index in [1.165, 1.54) is 13.8 Å². The average molecular weight is 827 g/mol. The highest BCUT2D eigenvalue weighted by atomic mass is 16.7. The lowest BCUT2D eigenvalue weighted by Gasteiger charge is -2.34. The van der Waals surface area contributed by atoms with E-state index in [0.29, 0.717) is 19.3 Å². The van der Waals surface area contributed by atoms with Gasteiger partial charge in [-0.15, -0.1) is 0 Å². The van der Waals surface area contributed by atoms with E-state index in [0.717, 1.165) is 109 Å². The number of hydrogen-bond donors (Lipinski definition) is 0. The van der Waals surface area contributed by atoms with E-state index < -0.39 is 36.5 Å². The second-order valence-electron chi connectivity index (χ2n) is 15.0. The second-order valence-corrected chi connectivity index (χ2v) is 15.0. The van der Waals surface area contributed by atoms with Gasteiger partial charge in [-0.1, -0.05) is 125 Å². The van der Waals surface area contributed by atoms with Crippen molar-refractivity contribution in [2.24, 2.45) is 0 Å². The molecule has 0 spiro atoms. The van der Waals surface area contributed by atoms with E-state index >= 15 is 0 Å². The maximum atomic E-state index is 12.9. The molecule has 10 nitrogen and oxygen atoms in total. The Balaban J connectivity index is 2.50. The van der Waals surface area contributed by atoms with Crippen molar-refractivity contribution in [3.05, 3.63) is 72.9 Å². The van der Waals surface area contributed by atoms with E-state index in [1.807, 2.05) is 0 Å². The molecular formula is C49H78O10. The zero-order valence-corrected chi connectivity index (χ0v) is 37.0. The van der Waals surface area contributed by atoms with Crippen LogP contribution in [0.1, 0.15) is 169 Å². The van der Waals surface area contributed by atoms with Gasteiger partial charge < -0.3 is 28.4 Å². The molecule has 0 aromatic carbocycles. The van der Waals surface area contributed by atoms with Crippen LogP contribution in [-0.2, 0) is 47.6 Å². The highest BCUT2D eigenvalue weighted by molar-refractivity contribution is 5.70. The molecule has 1 rings (SSSR count). The lowest BCUT2D eigenvalue weighted by molar-refractivity contribution is -0.238. The summed E-state index contributed by atoms with van der Waals surface area (Å²) in [4.78, 5) is 48.7. The normalized spacial score (nSPS) is 17.9. The Bertz CT molecular complexity index is 1280. The van der Waals surface area contributed by atoms with Gasteiger partial charge in [0.15, 0.2) is 12.4 Å². The Hall–Kier alpha value is -3.76. The first-order valence-corrected chi connectivity index (χ1v) is 22.6. The van der Waals surface area contributed by atoms with Crippen LogP contribution in [0.25, 0.3) is 0 Å². The van der Waals surface area contributed by atoms with Gasteiger partial charge in [0.25, 0.3) is 0 Å². The Morgan fingerprint density at radius 3 is 1.58 bits per heavy atom. The van der Waals surface area contributed by atoms with Crippen molar-refractivity contribution in [2.45, 2.75) is 194 Å². The maximum Gasteiger partial charge on any atom is 0.306 e. The summed E-state index contributed by atoms with van der Waals surface area (Å²) in [5, 5.41) is 0. The average Bonchev–Trinajstić information content (AvgIpc) is 3.20. The number of hydrogen-bond acceptors (Lipinski definition) is 10. The first-order chi connectivity index (χ1) is 28.7. The van der Waals surface area contributed by atoms with Crippen molar-refractivity contribution < 1.29 is 47.6 Å². The third kappa shape index (κ3) is 34.8. The summed E-state index contributed by atoms with van der Waals surface area (Å²) in [6, 6.07) is 0. The van der Waals surface area contributed by atoms with Gasteiger partial charge in [0.05, 0.1) is 12.7 Å². The van der Waals surface area contributed by atoms with Crippen molar-refractivity contribution in [2.75, 3.05) is 19.8 Å². The van der Waals surface area contributed by atoms with Crippen LogP contribution in [0, 0.1) is 0 Å². The summed E-state index contributed by atoms with van der Waals surface area (Å²) < 4.78 is 33.8. The molecule has 0 aliphatic carbocycles. The fraction of sp³-hybridized carbons (Fsp3) is 0.673. The fourth-order valence-electron chi connectivity index (χ4n) is 6.30. The molecule has 4 atom stereocenters. The van der Waals surface area contributed by atoms with Crippen molar-refractivity contribution in [3.8, 4) is 0 Å². The summed E-state index contributed by atoms with van der Waals surface area (Å²) in [5.41, 5.74) is 0. The topological polar surface area (TPSA) is 124 Å². The van der Waals surface area contributed by atoms with E-state index in [-0.39, 0.29) is 44.6 Å². The molecule has 1 aliphatic rings. The van der Waals surface area contributed by atoms with Crippen LogP contribution in [0.15, 0.2) is 72.9 Å². The van der Waals surface area contributed by atoms with E-state index in [4.69, 9.17) is 28.4 Å². The molecule has 1 aliphatic heterocycles. The van der Waals surface area contributed by atoms with E-state index in [2.05, 4.69) is 86.8 Å². The lowest BCUT2D eigenvalue weighted by Crippen LogP contribution is -2.42. The molecule has 59 heavy (non-hydrogen) atoms. The molecule has 0 bridgehead atoms. The predicted molar refractivity (Wildman–Crippen MR) is 235 cm³/mol. The van der Waals surface area contributed by atoms with Gasteiger partial charge in [-0.2, -0.15) is 0 Å². The van der Waals surface area contributed by atoms with Crippen molar-refractivity contribution >= 4 is 23.9 Å². The van der Waals surface area contributed by atoms with Crippen molar-refractivity contribution in [3.63, 3.8) is 0 Å². The summed E-state index contributed by atoms with van der Waals surface area (Å²) in [7, 11) is 0. The van der Waals surface area contributed by atoms with Gasteiger partial charge in [0, 0.05) is 39.5 Å². The van der Waals surface area contributed by atoms with Crippen LogP contribution in [0.3, 0.4) is 0 Å². The molecule has 0 unspecified atom stereocenters. The minimum atomic E-state index is -0.841. The number of rotatable bonds is 35. The Labute approximate surface area is 356 Å². The number of unbranched alkanes of at least 4 members (excludes halogenated alkanes) is 10. The van der Waals surface area contributed by atoms with Crippen LogP contribution in [0.4, 0.5) is 0 Å². The molecule has 1 fully saturated rings. The van der Waals surface area contributed by atoms with Gasteiger partial charge in [-0.3, -0.25) is 19.2 Å². The first kappa shape index (κ1) is 53.3. The number of carbonyl (C=O) groups is 4. The summed E-state index contributed by atoms with van der Waals surface area (Å²) in [6.45, 7) is 6.68. The molecule has 1 heterocycles. The predicted octanol–water partition coefficient (Wildman–Crippen LogP) is 11.6. The smallest absolute Gasteiger partial charge is 0.306 e. The zero-order chi connectivity index (χ0) is 43.0. The minimum absolute atomic E-state index is 0.0127. The number of carbonyl (C=O) groups excluding carboxylic acids is 4. The summed E-state index contributed by atoms with van der Waals surface area (Å²) in [6.07, 6.45) is 42.9. The Morgan fingerprint density at radius 2 is 1.05 bits per heavy atom. The zero-order valence-electron chi connectivity index (χ0n) is 37.0. The maximum absolute atomic E-state index is 12.9. The first-order valence-electron chi connectivity index (χ1n) is 22.6. The van der Waals surface area contributed by atoms with E-state index in [1.54, 1.807) is 0 Å². The Morgan fingerprint density at radius 1 is 0.559 bits per heavy atom. The number of allylic oxidation sites excluding steroid dienone is 12. The molecule has 0 saturated carbocycles. The SMILES string of the molecule is CC/C=C\C/C=C\C/C=C\CCCCCCCC(=O)OC[C@H](CO[C@H]1C[C@@H](OC(C)=O)C[C@@H](COC(C)=O)O1)OC(=O)CCCCCCC/C=C\C/C=C\C/C=C\CC. The third-order valence-corrected chi connectivity index (χ3v) is 9.39. The molecule has 0 aromatic rings. The highest BCUT2D eigenvalue weighted by Gasteiger charge is 2.33. The van der Waals surface area contributed by atoms with Gasteiger partial charge in [-0.05, 0) is 77.0 Å². The molecule has 0 radical (unpaired) electrons. The van der Waals surface area contributed by atoms with Crippen LogP contribution >= 0.6 is 0 Å². The molecular weight excluding hydrogens is 749 g/mol. The largest absolute Gasteiger partial charge is 0.463 e. The summed E-state index contributed by atoms with van der Waals surface area (Å²) >= 11 is 0. The standard InChI is InChI=1S/C49H78O10/c1-5-7-9-11-13-15-17-19-21-23-25-27-29-31-33-35-47(52)55-40-46(41-56-49-38-44(57-43(4)51)37-45(59-49)39-54-42(3)50)58-48(53)36-34-32-30-28-26-24-22-20-18-16-14-12-10-8-6-2/h7-10,13-16,19-22,44-46,49H,5-6,11-12,17-18,23-41H2,1-4H3/b9-7-,10-8-,15-13-,16-14-,21-19-,22-20-/t44-,45-,46+,49+/m0/s1. The monoisotopic (exact) mass is 827 g/mol. The van der Waals surface area contributed by atoms with Gasteiger partial charge in [-0.25, -0.2) is 0 Å². The highest BCUT2D eigenvalue weighted by Crippen LogP contribution is 2.24. The van der Waals surface area contributed by atoms with Crippen molar-refractivity contribution in [1.82, 2.24) is 0 Å². The van der Waals surface area contributed by atoms with Crippen molar-refractivity contribution in [1.29, 1.82) is 0 Å². The third-order valence-electron chi connectivity index (χ3n) is 9.39. The number of esters is 4. The molecule has 0 N–H and O–H groups in total. The molecule has 0 amide bonds.